The molecule has 1 fully saturated rings. The Labute approximate surface area is 131 Å². The average Bonchev–Trinajstić information content (AvgIpc) is 2.42. The molecule has 0 bridgehead atoms. The molecule has 2 rings (SSSR count). The summed E-state index contributed by atoms with van der Waals surface area (Å²) in [7, 11) is 0. The van der Waals surface area contributed by atoms with Crippen LogP contribution < -0.4 is 5.32 Å². The molecule has 0 saturated carbocycles. The number of aromatic nitrogens is 1. The van der Waals surface area contributed by atoms with E-state index in [1.54, 1.807) is 0 Å². The van der Waals surface area contributed by atoms with E-state index < -0.39 is 0 Å². The molecule has 1 aromatic heterocycles. The van der Waals surface area contributed by atoms with E-state index in [1.807, 2.05) is 12.3 Å². The van der Waals surface area contributed by atoms with Crippen molar-refractivity contribution in [1.29, 1.82) is 0 Å². The molecule has 1 saturated heterocycles. The first kappa shape index (κ1) is 15.4. The lowest BCUT2D eigenvalue weighted by molar-refractivity contribution is 0.0374. The number of ether oxygens (including phenoxy) is 1. The van der Waals surface area contributed by atoms with Crippen molar-refractivity contribution in [2.24, 2.45) is 0 Å². The molecule has 4 nitrogen and oxygen atoms in total. The summed E-state index contributed by atoms with van der Waals surface area (Å²) in [5, 5.41) is 3.44. The topological polar surface area (TPSA) is 37.4 Å². The monoisotopic (exact) mass is 391 g/mol. The Hall–Kier alpha value is -0.0100. The summed E-state index contributed by atoms with van der Waals surface area (Å²) in [4.78, 5) is 6.84. The summed E-state index contributed by atoms with van der Waals surface area (Å²) >= 11 is 6.93. The first-order valence-electron chi connectivity index (χ1n) is 6.56. The lowest BCUT2D eigenvalue weighted by Gasteiger charge is -2.26. The van der Waals surface area contributed by atoms with Gasteiger partial charge in [0.05, 0.1) is 18.9 Å². The van der Waals surface area contributed by atoms with Gasteiger partial charge in [0.15, 0.2) is 0 Å². The molecule has 6 heteroatoms. The zero-order valence-electron chi connectivity index (χ0n) is 10.9. The van der Waals surface area contributed by atoms with Crippen LogP contribution in [-0.4, -0.2) is 49.3 Å². The number of pyridine rings is 1. The highest BCUT2D eigenvalue weighted by Gasteiger charge is 2.09. The third-order valence-electron chi connectivity index (χ3n) is 3.11. The van der Waals surface area contributed by atoms with Gasteiger partial charge in [-0.25, -0.2) is 0 Å². The van der Waals surface area contributed by atoms with Gasteiger partial charge in [-0.2, -0.15) is 0 Å². The first-order chi connectivity index (χ1) is 9.25. The SMILES string of the molecule is Brc1cnc(CNCCCN2CCOCC2)c(Br)c1. The van der Waals surface area contributed by atoms with Crippen molar-refractivity contribution in [3.05, 3.63) is 26.9 Å². The Bertz CT molecular complexity index is 397. The predicted molar refractivity (Wildman–Crippen MR) is 83.2 cm³/mol. The molecule has 106 valence electrons. The largest absolute Gasteiger partial charge is 0.379 e. The molecule has 0 spiro atoms. The quantitative estimate of drug-likeness (QED) is 0.754. The van der Waals surface area contributed by atoms with Crippen LogP contribution in [0.15, 0.2) is 21.2 Å². The molecule has 0 aliphatic carbocycles. The van der Waals surface area contributed by atoms with Gasteiger partial charge >= 0.3 is 0 Å². The Morgan fingerprint density at radius 1 is 1.32 bits per heavy atom. The van der Waals surface area contributed by atoms with Crippen LogP contribution in [-0.2, 0) is 11.3 Å². The van der Waals surface area contributed by atoms with Crippen LogP contribution in [0.3, 0.4) is 0 Å². The lowest BCUT2D eigenvalue weighted by Crippen LogP contribution is -2.37. The molecule has 2 heterocycles. The van der Waals surface area contributed by atoms with Crippen molar-refractivity contribution < 1.29 is 4.74 Å². The highest BCUT2D eigenvalue weighted by Crippen LogP contribution is 2.19. The maximum absolute atomic E-state index is 5.33. The minimum atomic E-state index is 0.803. The fraction of sp³-hybridized carbons (Fsp3) is 0.615. The van der Waals surface area contributed by atoms with E-state index in [4.69, 9.17) is 4.74 Å². The third-order valence-corrected chi connectivity index (χ3v) is 4.23. The minimum absolute atomic E-state index is 0.803. The van der Waals surface area contributed by atoms with E-state index in [0.717, 1.165) is 67.0 Å². The molecule has 0 unspecified atom stereocenters. The van der Waals surface area contributed by atoms with E-state index in [-0.39, 0.29) is 0 Å². The van der Waals surface area contributed by atoms with Crippen LogP contribution in [0.5, 0.6) is 0 Å². The second kappa shape index (κ2) is 8.32. The second-order valence-corrected chi connectivity index (χ2v) is 6.34. The van der Waals surface area contributed by atoms with Crippen LogP contribution >= 0.6 is 31.9 Å². The van der Waals surface area contributed by atoms with Crippen molar-refractivity contribution in [3.8, 4) is 0 Å². The molecular formula is C13H19Br2N3O. The van der Waals surface area contributed by atoms with Gasteiger partial charge in [0.2, 0.25) is 0 Å². The zero-order valence-corrected chi connectivity index (χ0v) is 14.0. The number of nitrogens with one attached hydrogen (secondary N) is 1. The Morgan fingerprint density at radius 2 is 2.11 bits per heavy atom. The third kappa shape index (κ3) is 5.47. The van der Waals surface area contributed by atoms with Crippen LogP contribution in [0, 0.1) is 0 Å². The van der Waals surface area contributed by atoms with Crippen LogP contribution in [0.1, 0.15) is 12.1 Å². The van der Waals surface area contributed by atoms with Gasteiger partial charge in [0.25, 0.3) is 0 Å². The van der Waals surface area contributed by atoms with Crippen LogP contribution in [0.25, 0.3) is 0 Å². The molecule has 0 aromatic carbocycles. The molecular weight excluding hydrogens is 374 g/mol. The first-order valence-corrected chi connectivity index (χ1v) is 8.15. The summed E-state index contributed by atoms with van der Waals surface area (Å²) in [6, 6.07) is 2.03. The summed E-state index contributed by atoms with van der Waals surface area (Å²) in [5.41, 5.74) is 1.05. The summed E-state index contributed by atoms with van der Waals surface area (Å²) in [6.45, 7) is 6.86. The van der Waals surface area contributed by atoms with E-state index in [9.17, 15) is 0 Å². The number of halogens is 2. The maximum atomic E-state index is 5.33. The van der Waals surface area contributed by atoms with Gasteiger partial charge in [-0.1, -0.05) is 0 Å². The number of nitrogens with zero attached hydrogens (tertiary/aromatic N) is 2. The Balaban J connectivity index is 1.61. The number of hydrogen-bond acceptors (Lipinski definition) is 4. The fourth-order valence-electron chi connectivity index (χ4n) is 2.03. The lowest BCUT2D eigenvalue weighted by atomic mass is 10.3. The maximum Gasteiger partial charge on any atom is 0.0684 e. The second-order valence-electron chi connectivity index (χ2n) is 4.57. The van der Waals surface area contributed by atoms with Gasteiger partial charge in [0.1, 0.15) is 0 Å². The molecule has 1 aromatic rings. The highest BCUT2D eigenvalue weighted by molar-refractivity contribution is 9.11. The summed E-state index contributed by atoms with van der Waals surface area (Å²) < 4.78 is 7.37. The molecule has 0 radical (unpaired) electrons. The van der Waals surface area contributed by atoms with Crippen molar-refractivity contribution in [2.45, 2.75) is 13.0 Å². The van der Waals surface area contributed by atoms with Crippen molar-refractivity contribution in [3.63, 3.8) is 0 Å². The van der Waals surface area contributed by atoms with E-state index in [2.05, 4.69) is 47.1 Å². The van der Waals surface area contributed by atoms with Crippen LogP contribution in [0.2, 0.25) is 0 Å². The average molecular weight is 393 g/mol. The van der Waals surface area contributed by atoms with E-state index in [0.29, 0.717) is 0 Å². The van der Waals surface area contributed by atoms with Crippen molar-refractivity contribution in [1.82, 2.24) is 15.2 Å². The molecule has 19 heavy (non-hydrogen) atoms. The van der Waals surface area contributed by atoms with Gasteiger partial charge < -0.3 is 10.1 Å². The highest BCUT2D eigenvalue weighted by atomic mass is 79.9. The van der Waals surface area contributed by atoms with Gasteiger partial charge in [-0.05, 0) is 57.4 Å². The predicted octanol–water partition coefficient (Wildman–Crippen LogP) is 2.42. The molecule has 0 atom stereocenters. The van der Waals surface area contributed by atoms with Gasteiger partial charge in [-0.3, -0.25) is 9.88 Å². The zero-order chi connectivity index (χ0) is 13.5. The minimum Gasteiger partial charge on any atom is -0.379 e. The smallest absolute Gasteiger partial charge is 0.0684 e. The standard InChI is InChI=1S/C13H19Br2N3O/c14-11-8-12(15)13(17-9-11)10-16-2-1-3-18-4-6-19-7-5-18/h8-9,16H,1-7,10H2. The normalized spacial score (nSPS) is 16.7. The summed E-state index contributed by atoms with van der Waals surface area (Å²) in [5.74, 6) is 0. The van der Waals surface area contributed by atoms with Crippen LogP contribution in [0.4, 0.5) is 0 Å². The van der Waals surface area contributed by atoms with Crippen molar-refractivity contribution >= 4 is 31.9 Å². The molecule has 1 aliphatic heterocycles. The van der Waals surface area contributed by atoms with Crippen molar-refractivity contribution in [2.75, 3.05) is 39.4 Å². The molecule has 0 amide bonds. The molecule has 1 aliphatic rings. The fourth-order valence-corrected chi connectivity index (χ4v) is 3.16. The Kier molecular flexibility index (Phi) is 6.73. The van der Waals surface area contributed by atoms with Gasteiger partial charge in [-0.15, -0.1) is 0 Å². The Morgan fingerprint density at radius 3 is 2.84 bits per heavy atom. The number of rotatable bonds is 6. The number of morpholine rings is 1. The summed E-state index contributed by atoms with van der Waals surface area (Å²) in [6.07, 6.45) is 2.99. The van der Waals surface area contributed by atoms with E-state index >= 15 is 0 Å². The molecule has 1 N–H and O–H groups in total. The van der Waals surface area contributed by atoms with Gasteiger partial charge in [0, 0.05) is 34.8 Å². The number of hydrogen-bond donors (Lipinski definition) is 1. The van der Waals surface area contributed by atoms with E-state index in [1.165, 1.54) is 0 Å².